The maximum Gasteiger partial charge on any atom is 0.261 e. The van der Waals surface area contributed by atoms with Crippen LogP contribution in [-0.2, 0) is 20.0 Å². The summed E-state index contributed by atoms with van der Waals surface area (Å²) in [6.45, 7) is 2.43. The summed E-state index contributed by atoms with van der Waals surface area (Å²) in [5.74, 6) is -1.29. The number of primary sulfonamides is 1. The molecule has 1 aliphatic heterocycles. The highest BCUT2D eigenvalue weighted by molar-refractivity contribution is 7.92. The summed E-state index contributed by atoms with van der Waals surface area (Å²) in [6, 6.07) is 7.27. The first-order valence-electron chi connectivity index (χ1n) is 8.46. The van der Waals surface area contributed by atoms with Gasteiger partial charge in [0.15, 0.2) is 0 Å². The molecule has 154 valence electrons. The minimum Gasteiger partial charge on any atom is -0.383 e. The number of imide groups is 1. The quantitative estimate of drug-likeness (QED) is 0.465. The maximum absolute atomic E-state index is 12.8. The van der Waals surface area contributed by atoms with Gasteiger partial charge in [-0.1, -0.05) is 6.92 Å². The van der Waals surface area contributed by atoms with Crippen LogP contribution < -0.4 is 20.5 Å². The zero-order valence-corrected chi connectivity index (χ0v) is 16.9. The summed E-state index contributed by atoms with van der Waals surface area (Å²) >= 11 is 0. The van der Waals surface area contributed by atoms with Crippen molar-refractivity contribution >= 4 is 43.2 Å². The first-order chi connectivity index (χ1) is 13.5. The van der Waals surface area contributed by atoms with Gasteiger partial charge in [-0.05, 0) is 42.8 Å². The number of hydrogen-bond donors (Lipinski definition) is 4. The highest BCUT2D eigenvalue weighted by Gasteiger charge is 2.29. The van der Waals surface area contributed by atoms with E-state index in [1.54, 1.807) is 0 Å². The number of anilines is 2. The molecular formula is C17H18N4O6S2. The smallest absolute Gasteiger partial charge is 0.261 e. The molecule has 0 radical (unpaired) electrons. The molecule has 0 saturated carbocycles. The van der Waals surface area contributed by atoms with Gasteiger partial charge in [-0.2, -0.15) is 0 Å². The Morgan fingerprint density at radius 3 is 2.21 bits per heavy atom. The third-order valence-corrected chi connectivity index (χ3v) is 6.42. The summed E-state index contributed by atoms with van der Waals surface area (Å²) in [7, 11) is -8.26. The molecule has 0 atom stereocenters. The SMILES string of the molecule is CCCNc1ccc(S(N)(=O)=O)cc1NS(=O)(=O)c1ccc2c(c1)C(=O)NC2=O. The number of benzene rings is 2. The minimum absolute atomic E-state index is 0.0222. The van der Waals surface area contributed by atoms with E-state index < -0.39 is 31.9 Å². The molecule has 0 unspecified atom stereocenters. The van der Waals surface area contributed by atoms with Crippen LogP contribution in [0.5, 0.6) is 0 Å². The second kappa shape index (κ2) is 7.46. The van der Waals surface area contributed by atoms with Crippen LogP contribution >= 0.6 is 0 Å². The molecule has 0 bridgehead atoms. The van der Waals surface area contributed by atoms with Gasteiger partial charge in [0.25, 0.3) is 21.8 Å². The van der Waals surface area contributed by atoms with Crippen molar-refractivity contribution in [1.29, 1.82) is 0 Å². The Morgan fingerprint density at radius 1 is 0.897 bits per heavy atom. The van der Waals surface area contributed by atoms with Crippen molar-refractivity contribution in [1.82, 2.24) is 5.32 Å². The number of fused-ring (bicyclic) bond motifs is 1. The van der Waals surface area contributed by atoms with Crippen LogP contribution in [0.25, 0.3) is 0 Å². The van der Waals surface area contributed by atoms with Crippen LogP contribution in [0.1, 0.15) is 34.1 Å². The van der Waals surface area contributed by atoms with E-state index in [9.17, 15) is 26.4 Å². The van der Waals surface area contributed by atoms with Crippen molar-refractivity contribution < 1.29 is 26.4 Å². The number of hydrogen-bond acceptors (Lipinski definition) is 7. The van der Waals surface area contributed by atoms with Crippen LogP contribution in [0.3, 0.4) is 0 Å². The summed E-state index contributed by atoms with van der Waals surface area (Å²) in [6.07, 6.45) is 0.747. The van der Waals surface area contributed by atoms with E-state index >= 15 is 0 Å². The molecular weight excluding hydrogens is 420 g/mol. The Kier molecular flexibility index (Phi) is 5.34. The van der Waals surface area contributed by atoms with Gasteiger partial charge in [-0.15, -0.1) is 0 Å². The standard InChI is InChI=1S/C17H18N4O6S2/c1-2-7-19-14-6-4-10(28(18,24)25)9-15(14)21-29(26,27)11-3-5-12-13(8-11)17(23)20-16(12)22/h3-6,8-9,19,21H,2,7H2,1H3,(H2,18,24,25)(H,20,22,23). The fraction of sp³-hybridized carbons (Fsp3) is 0.176. The highest BCUT2D eigenvalue weighted by atomic mass is 32.2. The number of rotatable bonds is 7. The van der Waals surface area contributed by atoms with E-state index in [2.05, 4.69) is 15.4 Å². The lowest BCUT2D eigenvalue weighted by Crippen LogP contribution is -2.20. The Morgan fingerprint density at radius 2 is 1.55 bits per heavy atom. The molecule has 2 aromatic carbocycles. The average Bonchev–Trinajstić information content (AvgIpc) is 2.93. The van der Waals surface area contributed by atoms with E-state index in [4.69, 9.17) is 5.14 Å². The molecule has 0 spiro atoms. The highest BCUT2D eigenvalue weighted by Crippen LogP contribution is 2.29. The van der Waals surface area contributed by atoms with Crippen LogP contribution in [0, 0.1) is 0 Å². The Balaban J connectivity index is 2.03. The van der Waals surface area contributed by atoms with Crippen molar-refractivity contribution in [3.8, 4) is 0 Å². The second-order valence-corrected chi connectivity index (χ2v) is 9.52. The Labute approximate surface area is 167 Å². The lowest BCUT2D eigenvalue weighted by Gasteiger charge is -2.15. The molecule has 10 nitrogen and oxygen atoms in total. The number of carbonyl (C=O) groups is 2. The van der Waals surface area contributed by atoms with Gasteiger partial charge in [-0.3, -0.25) is 19.6 Å². The van der Waals surface area contributed by atoms with Crippen LogP contribution in [0.4, 0.5) is 11.4 Å². The monoisotopic (exact) mass is 438 g/mol. The average molecular weight is 438 g/mol. The number of carbonyl (C=O) groups excluding carboxylic acids is 2. The molecule has 12 heteroatoms. The van der Waals surface area contributed by atoms with E-state index in [1.165, 1.54) is 24.3 Å². The Bertz CT molecular complexity index is 1220. The molecule has 29 heavy (non-hydrogen) atoms. The zero-order chi connectivity index (χ0) is 21.4. The van der Waals surface area contributed by atoms with Crippen molar-refractivity contribution in [3.05, 3.63) is 47.5 Å². The van der Waals surface area contributed by atoms with Crippen molar-refractivity contribution in [2.45, 2.75) is 23.1 Å². The van der Waals surface area contributed by atoms with Gasteiger partial charge in [0, 0.05) is 6.54 Å². The largest absolute Gasteiger partial charge is 0.383 e. The van der Waals surface area contributed by atoms with E-state index in [0.29, 0.717) is 12.2 Å². The van der Waals surface area contributed by atoms with Crippen LogP contribution in [-0.4, -0.2) is 35.2 Å². The molecule has 1 aliphatic rings. The van der Waals surface area contributed by atoms with Gasteiger partial charge in [-0.25, -0.2) is 22.0 Å². The lowest BCUT2D eigenvalue weighted by atomic mass is 10.1. The van der Waals surface area contributed by atoms with Gasteiger partial charge in [0.05, 0.1) is 32.3 Å². The molecule has 0 saturated heterocycles. The normalized spacial score (nSPS) is 13.7. The molecule has 2 aromatic rings. The minimum atomic E-state index is -4.20. The first-order valence-corrected chi connectivity index (χ1v) is 11.5. The summed E-state index contributed by atoms with van der Waals surface area (Å²) in [5, 5.41) is 10.2. The zero-order valence-electron chi connectivity index (χ0n) is 15.2. The summed E-state index contributed by atoms with van der Waals surface area (Å²) < 4.78 is 51.3. The molecule has 0 fully saturated rings. The second-order valence-electron chi connectivity index (χ2n) is 6.28. The van der Waals surface area contributed by atoms with Crippen LogP contribution in [0.2, 0.25) is 0 Å². The topological polar surface area (TPSA) is 165 Å². The van der Waals surface area contributed by atoms with Gasteiger partial charge in [0.2, 0.25) is 10.0 Å². The number of sulfonamides is 2. The van der Waals surface area contributed by atoms with Gasteiger partial charge < -0.3 is 5.32 Å². The maximum atomic E-state index is 12.8. The summed E-state index contributed by atoms with van der Waals surface area (Å²) in [4.78, 5) is 22.9. The van der Waals surface area contributed by atoms with Gasteiger partial charge in [0.1, 0.15) is 0 Å². The molecule has 3 rings (SSSR count). The number of nitrogens with one attached hydrogen (secondary N) is 3. The van der Waals surface area contributed by atoms with E-state index in [1.807, 2.05) is 6.92 Å². The summed E-state index contributed by atoms with van der Waals surface area (Å²) in [5.41, 5.74) is 0.360. The van der Waals surface area contributed by atoms with Crippen LogP contribution in [0.15, 0.2) is 46.2 Å². The molecule has 5 N–H and O–H groups in total. The van der Waals surface area contributed by atoms with Crippen molar-refractivity contribution in [3.63, 3.8) is 0 Å². The Hall–Kier alpha value is -2.96. The molecule has 0 aliphatic carbocycles. The number of amides is 2. The van der Waals surface area contributed by atoms with Gasteiger partial charge >= 0.3 is 0 Å². The predicted molar refractivity (Wildman–Crippen MR) is 106 cm³/mol. The molecule has 2 amide bonds. The number of nitrogens with two attached hydrogens (primary N) is 1. The van der Waals surface area contributed by atoms with Crippen molar-refractivity contribution in [2.24, 2.45) is 5.14 Å². The fourth-order valence-electron chi connectivity index (χ4n) is 2.72. The lowest BCUT2D eigenvalue weighted by molar-refractivity contribution is 0.0879. The van der Waals surface area contributed by atoms with E-state index in [0.717, 1.165) is 18.6 Å². The predicted octanol–water partition coefficient (Wildman–Crippen LogP) is 0.840. The fourth-order valence-corrected chi connectivity index (χ4v) is 4.35. The van der Waals surface area contributed by atoms with Crippen molar-refractivity contribution in [2.75, 3.05) is 16.6 Å². The molecule has 1 heterocycles. The molecule has 0 aromatic heterocycles. The van der Waals surface area contributed by atoms with E-state index in [-0.39, 0.29) is 26.6 Å². The first kappa shape index (κ1) is 20.8. The third kappa shape index (κ3) is 4.23. The third-order valence-electron chi connectivity index (χ3n) is 4.15.